The third-order valence-corrected chi connectivity index (χ3v) is 6.29. The minimum Gasteiger partial charge on any atom is -0.455 e. The first-order chi connectivity index (χ1) is 20.4. The predicted octanol–water partition coefficient (Wildman–Crippen LogP) is 5.09. The number of aliphatic hydroxyl groups excluding tert-OH is 1. The van der Waals surface area contributed by atoms with Crippen LogP contribution in [0.5, 0.6) is 5.75 Å². The zero-order valence-electron chi connectivity index (χ0n) is 22.4. The number of rotatable bonds is 9. The van der Waals surface area contributed by atoms with Crippen LogP contribution in [0.25, 0.3) is 17.1 Å². The molecule has 0 spiro atoms. The predicted molar refractivity (Wildman–Crippen MR) is 141 cm³/mol. The van der Waals surface area contributed by atoms with Crippen LogP contribution in [0.1, 0.15) is 31.6 Å². The van der Waals surface area contributed by atoms with Gasteiger partial charge in [-0.3, -0.25) is 9.36 Å². The zero-order chi connectivity index (χ0) is 32.6. The topological polar surface area (TPSA) is 126 Å². The highest BCUT2D eigenvalue weighted by Crippen LogP contribution is 2.33. The van der Waals surface area contributed by atoms with Gasteiger partial charge in [-0.2, -0.15) is 13.2 Å². The summed E-state index contributed by atoms with van der Waals surface area (Å²) in [5.74, 6) is -2.28. The second kappa shape index (κ2) is 12.5. The van der Waals surface area contributed by atoms with Crippen LogP contribution in [0.4, 0.5) is 26.3 Å². The number of carbonyl (C=O) groups is 1. The molecule has 0 aliphatic rings. The second-order valence-electron chi connectivity index (χ2n) is 9.15. The van der Waals surface area contributed by atoms with Crippen molar-refractivity contribution in [3.63, 3.8) is 0 Å². The van der Waals surface area contributed by atoms with E-state index in [4.69, 9.17) is 27.9 Å². The molecule has 2 aromatic heterocycles. The van der Waals surface area contributed by atoms with Crippen molar-refractivity contribution in [3.8, 4) is 22.8 Å². The SMILES string of the molecule is CC(=O)OC(C)c1nc(Cn2nc(-c3ccc(Cl)cc3)n(C[C@H](O)C(F)(F)F)c2=O)nn1-c1ccc(Cl)cc1OC(F)(F)F. The molecule has 0 bridgehead atoms. The Morgan fingerprint density at radius 3 is 2.25 bits per heavy atom. The van der Waals surface area contributed by atoms with Gasteiger partial charge in [0.1, 0.15) is 12.2 Å². The first kappa shape index (κ1) is 32.8. The molecule has 19 heteroatoms. The lowest BCUT2D eigenvalue weighted by molar-refractivity contribution is -0.274. The molecule has 4 aromatic rings. The summed E-state index contributed by atoms with van der Waals surface area (Å²) >= 11 is 11.8. The molecule has 1 unspecified atom stereocenters. The number of nitrogens with zero attached hydrogens (tertiary/aromatic N) is 6. The average molecular weight is 669 g/mol. The Bertz CT molecular complexity index is 1720. The molecule has 0 aliphatic heterocycles. The number of aliphatic hydroxyl groups is 1. The maximum absolute atomic E-state index is 13.3. The van der Waals surface area contributed by atoms with Gasteiger partial charge in [-0.1, -0.05) is 23.2 Å². The summed E-state index contributed by atoms with van der Waals surface area (Å²) in [7, 11) is 0. The first-order valence-electron chi connectivity index (χ1n) is 12.3. The van der Waals surface area contributed by atoms with Gasteiger partial charge in [-0.15, -0.1) is 23.4 Å². The molecule has 0 amide bonds. The fraction of sp³-hybridized carbons (Fsp3) is 0.320. The van der Waals surface area contributed by atoms with Crippen molar-refractivity contribution in [2.75, 3.05) is 0 Å². The number of benzene rings is 2. The van der Waals surface area contributed by atoms with Crippen molar-refractivity contribution in [3.05, 3.63) is 74.6 Å². The summed E-state index contributed by atoms with van der Waals surface area (Å²) in [5, 5.41) is 18.1. The summed E-state index contributed by atoms with van der Waals surface area (Å²) in [6, 6.07) is 8.82. The van der Waals surface area contributed by atoms with Crippen molar-refractivity contribution in [1.29, 1.82) is 0 Å². The Labute approximate surface area is 253 Å². The van der Waals surface area contributed by atoms with Crippen LogP contribution >= 0.6 is 23.2 Å². The van der Waals surface area contributed by atoms with Gasteiger partial charge >= 0.3 is 24.2 Å². The maximum atomic E-state index is 13.3. The van der Waals surface area contributed by atoms with E-state index in [0.29, 0.717) is 9.25 Å². The van der Waals surface area contributed by atoms with Gasteiger partial charge in [0.2, 0.25) is 0 Å². The number of hydrogen-bond acceptors (Lipinski definition) is 8. The van der Waals surface area contributed by atoms with Gasteiger partial charge in [0, 0.05) is 28.6 Å². The van der Waals surface area contributed by atoms with Gasteiger partial charge in [0.05, 0.1) is 6.54 Å². The highest BCUT2D eigenvalue weighted by molar-refractivity contribution is 6.31. The van der Waals surface area contributed by atoms with E-state index in [1.54, 1.807) is 0 Å². The minimum atomic E-state index is -5.14. The van der Waals surface area contributed by atoms with Crippen LogP contribution in [0.2, 0.25) is 10.0 Å². The van der Waals surface area contributed by atoms with E-state index in [0.717, 1.165) is 23.7 Å². The maximum Gasteiger partial charge on any atom is 0.573 e. The van der Waals surface area contributed by atoms with Crippen molar-refractivity contribution < 1.29 is 45.7 Å². The summed E-state index contributed by atoms with van der Waals surface area (Å²) in [4.78, 5) is 29.1. The minimum absolute atomic E-state index is 0.115. The monoisotopic (exact) mass is 668 g/mol. The number of halogens is 8. The van der Waals surface area contributed by atoms with Gasteiger partial charge in [-0.05, 0) is 43.3 Å². The molecule has 4 rings (SSSR count). The summed E-state index contributed by atoms with van der Waals surface area (Å²) < 4.78 is 90.5. The van der Waals surface area contributed by atoms with Crippen LogP contribution in [0, 0.1) is 0 Å². The van der Waals surface area contributed by atoms with E-state index in [1.165, 1.54) is 37.3 Å². The van der Waals surface area contributed by atoms with Gasteiger partial charge in [0.25, 0.3) is 0 Å². The Morgan fingerprint density at radius 2 is 1.66 bits per heavy atom. The van der Waals surface area contributed by atoms with E-state index >= 15 is 0 Å². The first-order valence-corrected chi connectivity index (χ1v) is 13.1. The van der Waals surface area contributed by atoms with Gasteiger partial charge < -0.3 is 14.6 Å². The number of aromatic nitrogens is 6. The van der Waals surface area contributed by atoms with E-state index in [1.807, 2.05) is 0 Å². The zero-order valence-corrected chi connectivity index (χ0v) is 23.9. The second-order valence-corrected chi connectivity index (χ2v) is 10.0. The largest absolute Gasteiger partial charge is 0.573 e. The molecule has 0 saturated heterocycles. The highest BCUT2D eigenvalue weighted by Gasteiger charge is 2.39. The number of ether oxygens (including phenoxy) is 2. The number of carbonyl (C=O) groups excluding carboxylic acids is 1. The molecule has 11 nitrogen and oxygen atoms in total. The number of esters is 1. The molecule has 0 aliphatic carbocycles. The Kier molecular flexibility index (Phi) is 9.32. The lowest BCUT2D eigenvalue weighted by atomic mass is 10.2. The average Bonchev–Trinajstić information content (AvgIpc) is 3.44. The lowest BCUT2D eigenvalue weighted by Gasteiger charge is -2.16. The lowest BCUT2D eigenvalue weighted by Crippen LogP contribution is -2.37. The van der Waals surface area contributed by atoms with Crippen LogP contribution in [-0.4, -0.2) is 58.8 Å². The number of alkyl halides is 6. The van der Waals surface area contributed by atoms with Gasteiger partial charge in [-0.25, -0.2) is 19.1 Å². The third-order valence-electron chi connectivity index (χ3n) is 5.81. The quantitative estimate of drug-likeness (QED) is 0.193. The Balaban J connectivity index is 1.83. The summed E-state index contributed by atoms with van der Waals surface area (Å²) in [6.45, 7) is 0.618. The normalized spacial score (nSPS) is 13.5. The Hall–Kier alpha value is -4.09. The smallest absolute Gasteiger partial charge is 0.455 e. The van der Waals surface area contributed by atoms with E-state index in [-0.39, 0.29) is 38.8 Å². The summed E-state index contributed by atoms with van der Waals surface area (Å²) in [5.41, 5.74) is -1.25. The molecular weight excluding hydrogens is 649 g/mol. The van der Waals surface area contributed by atoms with Gasteiger partial charge in [0.15, 0.2) is 35.4 Å². The van der Waals surface area contributed by atoms with Crippen molar-refractivity contribution >= 4 is 29.2 Å². The molecule has 2 heterocycles. The van der Waals surface area contributed by atoms with Crippen LogP contribution in [0.15, 0.2) is 47.3 Å². The molecular formula is C25H20Cl2F6N6O5. The van der Waals surface area contributed by atoms with Crippen LogP contribution in [-0.2, 0) is 22.6 Å². The van der Waals surface area contributed by atoms with Crippen LogP contribution < -0.4 is 10.4 Å². The molecule has 1 N–H and O–H groups in total. The fourth-order valence-corrected chi connectivity index (χ4v) is 4.27. The van der Waals surface area contributed by atoms with E-state index in [9.17, 15) is 41.0 Å². The van der Waals surface area contributed by atoms with Crippen molar-refractivity contribution in [2.45, 2.75) is 51.7 Å². The molecule has 236 valence electrons. The van der Waals surface area contributed by atoms with E-state index < -0.39 is 55.2 Å². The molecule has 44 heavy (non-hydrogen) atoms. The highest BCUT2D eigenvalue weighted by atomic mass is 35.5. The molecule has 2 atom stereocenters. The number of hydrogen-bond donors (Lipinski definition) is 1. The third kappa shape index (κ3) is 7.70. The van der Waals surface area contributed by atoms with Crippen LogP contribution in [0.3, 0.4) is 0 Å². The molecule has 0 fully saturated rings. The van der Waals surface area contributed by atoms with Crippen molar-refractivity contribution in [2.24, 2.45) is 0 Å². The standard InChI is InChI=1S/C25H20Cl2F6N6O5/c1-12(43-13(2)40)21-34-20(35-39(21)17-8-7-16(27)9-18(17)44-25(31,32)33)11-38-23(42)37(10-19(41)24(28,29)30)22(36-38)14-3-5-15(26)6-4-14/h3-9,12,19,41H,10-11H2,1-2H3/t12?,19-/m0/s1. The molecule has 0 radical (unpaired) electrons. The Morgan fingerprint density at radius 1 is 1.02 bits per heavy atom. The fourth-order valence-electron chi connectivity index (χ4n) is 3.98. The van der Waals surface area contributed by atoms with Crippen molar-refractivity contribution in [1.82, 2.24) is 29.1 Å². The van der Waals surface area contributed by atoms with E-state index in [2.05, 4.69) is 19.9 Å². The summed E-state index contributed by atoms with van der Waals surface area (Å²) in [6.07, 6.45) is -14.3. The molecule has 0 saturated carbocycles. The molecule has 2 aromatic carbocycles.